The molecule has 1 aromatic heterocycles. The summed E-state index contributed by atoms with van der Waals surface area (Å²) in [6.07, 6.45) is 11.5. The Bertz CT molecular complexity index is 382. The van der Waals surface area contributed by atoms with E-state index in [2.05, 4.69) is 42.3 Å². The van der Waals surface area contributed by atoms with Gasteiger partial charge >= 0.3 is 0 Å². The van der Waals surface area contributed by atoms with Crippen molar-refractivity contribution in [3.8, 4) is 0 Å². The molecule has 2 rings (SSSR count). The predicted octanol–water partition coefficient (Wildman–Crippen LogP) is 2.87. The molecule has 0 aliphatic heterocycles. The minimum absolute atomic E-state index is 0.311. The quantitative estimate of drug-likeness (QED) is 0.829. The summed E-state index contributed by atoms with van der Waals surface area (Å²) in [7, 11) is 4.49. The van der Waals surface area contributed by atoms with Crippen molar-refractivity contribution in [1.29, 1.82) is 0 Å². The first-order valence-electron chi connectivity index (χ1n) is 7.99. The molecular formula is C17H29N3. The van der Waals surface area contributed by atoms with Gasteiger partial charge in [-0.15, -0.1) is 0 Å². The molecule has 1 aliphatic carbocycles. The van der Waals surface area contributed by atoms with Gasteiger partial charge in [-0.3, -0.25) is 4.98 Å². The maximum atomic E-state index is 4.27. The average Bonchev–Trinajstić information content (AvgIpc) is 2.95. The van der Waals surface area contributed by atoms with Crippen molar-refractivity contribution in [1.82, 2.24) is 15.2 Å². The zero-order valence-corrected chi connectivity index (χ0v) is 13.2. The molecule has 112 valence electrons. The van der Waals surface area contributed by atoms with Gasteiger partial charge in [-0.1, -0.05) is 25.8 Å². The molecule has 0 spiro atoms. The molecule has 1 unspecified atom stereocenters. The van der Waals surface area contributed by atoms with Crippen LogP contribution in [0.3, 0.4) is 0 Å². The number of hydrogen-bond donors (Lipinski definition) is 1. The molecule has 1 saturated carbocycles. The van der Waals surface area contributed by atoms with Crippen LogP contribution < -0.4 is 5.32 Å². The largest absolute Gasteiger partial charge is 0.312 e. The highest BCUT2D eigenvalue weighted by atomic mass is 15.2. The highest BCUT2D eigenvalue weighted by Crippen LogP contribution is 2.37. The number of hydrogen-bond acceptors (Lipinski definition) is 3. The molecule has 1 heterocycles. The Morgan fingerprint density at radius 1 is 1.35 bits per heavy atom. The van der Waals surface area contributed by atoms with Crippen LogP contribution in [-0.4, -0.2) is 42.1 Å². The molecule has 1 fully saturated rings. The van der Waals surface area contributed by atoms with Crippen LogP contribution >= 0.6 is 0 Å². The maximum absolute atomic E-state index is 4.27. The fraction of sp³-hybridized carbons (Fsp3) is 0.706. The number of nitrogens with one attached hydrogen (secondary N) is 1. The Balaban J connectivity index is 2.17. The molecule has 1 atom stereocenters. The van der Waals surface area contributed by atoms with E-state index in [0.29, 0.717) is 11.6 Å². The van der Waals surface area contributed by atoms with Crippen molar-refractivity contribution in [2.75, 3.05) is 20.6 Å². The van der Waals surface area contributed by atoms with Gasteiger partial charge in [0.05, 0.1) is 0 Å². The number of rotatable bonds is 7. The Morgan fingerprint density at radius 2 is 2.10 bits per heavy atom. The van der Waals surface area contributed by atoms with Gasteiger partial charge in [-0.05, 0) is 58.0 Å². The molecule has 0 amide bonds. The van der Waals surface area contributed by atoms with Crippen LogP contribution in [0.2, 0.25) is 0 Å². The van der Waals surface area contributed by atoms with Crippen LogP contribution in [0.4, 0.5) is 0 Å². The normalized spacial score (nSPS) is 19.4. The van der Waals surface area contributed by atoms with Crippen molar-refractivity contribution < 1.29 is 0 Å². The van der Waals surface area contributed by atoms with Gasteiger partial charge in [0.1, 0.15) is 0 Å². The van der Waals surface area contributed by atoms with Gasteiger partial charge in [-0.25, -0.2) is 0 Å². The van der Waals surface area contributed by atoms with Gasteiger partial charge in [0, 0.05) is 24.0 Å². The molecule has 20 heavy (non-hydrogen) atoms. The zero-order valence-electron chi connectivity index (χ0n) is 13.2. The lowest BCUT2D eigenvalue weighted by molar-refractivity contribution is 0.104. The molecule has 3 heteroatoms. The fourth-order valence-corrected chi connectivity index (χ4v) is 3.62. The minimum Gasteiger partial charge on any atom is -0.312 e. The summed E-state index contributed by atoms with van der Waals surface area (Å²) in [5, 5.41) is 3.81. The molecule has 0 aromatic carbocycles. The van der Waals surface area contributed by atoms with Crippen LogP contribution in [0.1, 0.15) is 44.6 Å². The number of likely N-dealkylation sites (N-methyl/N-ethyl adjacent to an activating group) is 1. The SMILES string of the molecule is CCCNC(Cc1cccnc1)C1(N(C)C)CCCC1. The Hall–Kier alpha value is -0.930. The third-order valence-corrected chi connectivity index (χ3v) is 4.81. The number of pyridine rings is 1. The van der Waals surface area contributed by atoms with Crippen molar-refractivity contribution in [3.05, 3.63) is 30.1 Å². The molecular weight excluding hydrogens is 246 g/mol. The lowest BCUT2D eigenvalue weighted by Crippen LogP contribution is -2.58. The standard InChI is InChI=1S/C17H29N3/c1-4-11-19-16(13-15-8-7-12-18-14-15)17(20(2)3)9-5-6-10-17/h7-8,12,14,16,19H,4-6,9-11,13H2,1-3H3. The van der Waals surface area contributed by atoms with Gasteiger partial charge in [0.25, 0.3) is 0 Å². The maximum Gasteiger partial charge on any atom is 0.0359 e. The third kappa shape index (κ3) is 3.39. The van der Waals surface area contributed by atoms with Crippen molar-refractivity contribution in [2.45, 2.75) is 57.0 Å². The van der Waals surface area contributed by atoms with Crippen molar-refractivity contribution >= 4 is 0 Å². The second kappa shape index (κ2) is 7.19. The van der Waals surface area contributed by atoms with E-state index in [1.165, 1.54) is 37.7 Å². The van der Waals surface area contributed by atoms with Crippen LogP contribution in [0.25, 0.3) is 0 Å². The van der Waals surface area contributed by atoms with E-state index in [0.717, 1.165) is 13.0 Å². The van der Waals surface area contributed by atoms with E-state index in [-0.39, 0.29) is 0 Å². The summed E-state index contributed by atoms with van der Waals surface area (Å²) in [4.78, 5) is 6.73. The second-order valence-corrected chi connectivity index (χ2v) is 6.28. The average molecular weight is 275 g/mol. The smallest absolute Gasteiger partial charge is 0.0359 e. The van der Waals surface area contributed by atoms with Crippen molar-refractivity contribution in [2.24, 2.45) is 0 Å². The highest BCUT2D eigenvalue weighted by Gasteiger charge is 2.42. The Labute approximate surface area is 123 Å². The number of aromatic nitrogens is 1. The molecule has 0 radical (unpaired) electrons. The van der Waals surface area contributed by atoms with Gasteiger partial charge in [0.2, 0.25) is 0 Å². The first kappa shape index (κ1) is 15.5. The lowest BCUT2D eigenvalue weighted by Gasteiger charge is -2.44. The first-order chi connectivity index (χ1) is 9.69. The minimum atomic E-state index is 0.311. The predicted molar refractivity (Wildman–Crippen MR) is 84.9 cm³/mol. The topological polar surface area (TPSA) is 28.2 Å². The molecule has 0 bridgehead atoms. The second-order valence-electron chi connectivity index (χ2n) is 6.28. The Morgan fingerprint density at radius 3 is 2.65 bits per heavy atom. The first-order valence-corrected chi connectivity index (χ1v) is 7.99. The van der Waals surface area contributed by atoms with E-state index in [4.69, 9.17) is 0 Å². The van der Waals surface area contributed by atoms with E-state index >= 15 is 0 Å². The van der Waals surface area contributed by atoms with Crippen LogP contribution in [0.15, 0.2) is 24.5 Å². The van der Waals surface area contributed by atoms with E-state index < -0.39 is 0 Å². The fourth-order valence-electron chi connectivity index (χ4n) is 3.62. The van der Waals surface area contributed by atoms with Gasteiger partial charge in [-0.2, -0.15) is 0 Å². The van der Waals surface area contributed by atoms with Crippen molar-refractivity contribution in [3.63, 3.8) is 0 Å². The molecule has 1 aromatic rings. The monoisotopic (exact) mass is 275 g/mol. The summed E-state index contributed by atoms with van der Waals surface area (Å²) in [6, 6.07) is 4.76. The molecule has 1 aliphatic rings. The van der Waals surface area contributed by atoms with E-state index in [9.17, 15) is 0 Å². The number of nitrogens with zero attached hydrogens (tertiary/aromatic N) is 2. The molecule has 1 N–H and O–H groups in total. The summed E-state index contributed by atoms with van der Waals surface area (Å²) in [5.41, 5.74) is 1.65. The van der Waals surface area contributed by atoms with Crippen LogP contribution in [0.5, 0.6) is 0 Å². The van der Waals surface area contributed by atoms with Crippen LogP contribution in [-0.2, 0) is 6.42 Å². The summed E-state index contributed by atoms with van der Waals surface area (Å²) in [6.45, 7) is 3.34. The van der Waals surface area contributed by atoms with E-state index in [1.54, 1.807) is 0 Å². The lowest BCUT2D eigenvalue weighted by atomic mass is 9.83. The zero-order chi connectivity index (χ0) is 14.4. The summed E-state index contributed by atoms with van der Waals surface area (Å²) < 4.78 is 0. The molecule has 3 nitrogen and oxygen atoms in total. The van der Waals surface area contributed by atoms with Crippen LogP contribution in [0, 0.1) is 0 Å². The molecule has 0 saturated heterocycles. The van der Waals surface area contributed by atoms with E-state index in [1.807, 2.05) is 18.5 Å². The van der Waals surface area contributed by atoms with Gasteiger partial charge < -0.3 is 10.2 Å². The highest BCUT2D eigenvalue weighted by molar-refractivity contribution is 5.14. The van der Waals surface area contributed by atoms with Gasteiger partial charge in [0.15, 0.2) is 0 Å². The Kier molecular flexibility index (Phi) is 5.55. The summed E-state index contributed by atoms with van der Waals surface area (Å²) >= 11 is 0. The summed E-state index contributed by atoms with van der Waals surface area (Å²) in [5.74, 6) is 0. The third-order valence-electron chi connectivity index (χ3n) is 4.81.